The maximum atomic E-state index is 11.1. The summed E-state index contributed by atoms with van der Waals surface area (Å²) in [5.74, 6) is 4.60. The zero-order valence-electron chi connectivity index (χ0n) is 12.3. The molecule has 0 aliphatic rings. The zero-order valence-corrected chi connectivity index (χ0v) is 12.3. The second-order valence-electron chi connectivity index (χ2n) is 4.09. The second-order valence-corrected chi connectivity index (χ2v) is 4.09. The van der Waals surface area contributed by atoms with Crippen molar-refractivity contribution in [2.24, 2.45) is 10.3 Å². The first kappa shape index (κ1) is 15.7. The number of rotatable bonds is 4. The molecular formula is C15H19N3O2. The number of esters is 1. The van der Waals surface area contributed by atoms with E-state index in [1.807, 2.05) is 44.0 Å². The highest BCUT2D eigenvalue weighted by Gasteiger charge is 2.01. The summed E-state index contributed by atoms with van der Waals surface area (Å²) in [5, 5.41) is 10.2. The van der Waals surface area contributed by atoms with Gasteiger partial charge in [0.25, 0.3) is 0 Å². The second kappa shape index (κ2) is 7.95. The lowest BCUT2D eigenvalue weighted by Gasteiger charge is -2.11. The van der Waals surface area contributed by atoms with Crippen molar-refractivity contribution in [3.8, 4) is 11.8 Å². The minimum atomic E-state index is -0.571. The van der Waals surface area contributed by atoms with Crippen LogP contribution in [0.4, 0.5) is 5.69 Å². The van der Waals surface area contributed by atoms with E-state index >= 15 is 0 Å². The molecule has 106 valence electrons. The molecular weight excluding hydrogens is 254 g/mol. The molecule has 0 N–H and O–H groups in total. The SMILES string of the molecule is CCN(CC)N=Nc1ccc(C)cc1C#CC(=O)OC. The zero-order chi connectivity index (χ0) is 15.0. The molecule has 0 spiro atoms. The average Bonchev–Trinajstić information content (AvgIpc) is 2.47. The Morgan fingerprint density at radius 2 is 2.05 bits per heavy atom. The van der Waals surface area contributed by atoms with Gasteiger partial charge in [0, 0.05) is 19.0 Å². The molecule has 0 bridgehead atoms. The van der Waals surface area contributed by atoms with Gasteiger partial charge in [-0.05, 0) is 38.5 Å². The highest BCUT2D eigenvalue weighted by molar-refractivity contribution is 5.89. The molecule has 0 atom stereocenters. The van der Waals surface area contributed by atoms with E-state index < -0.39 is 5.97 Å². The summed E-state index contributed by atoms with van der Waals surface area (Å²) in [4.78, 5) is 11.1. The first-order valence-electron chi connectivity index (χ1n) is 6.47. The van der Waals surface area contributed by atoms with E-state index in [0.29, 0.717) is 11.3 Å². The third kappa shape index (κ3) is 4.73. The molecule has 1 aromatic carbocycles. The van der Waals surface area contributed by atoms with Crippen molar-refractivity contribution < 1.29 is 9.53 Å². The molecule has 1 aromatic rings. The number of ether oxygens (including phenoxy) is 1. The minimum Gasteiger partial charge on any atom is -0.459 e. The molecule has 0 unspecified atom stereocenters. The fourth-order valence-corrected chi connectivity index (χ4v) is 1.47. The van der Waals surface area contributed by atoms with Gasteiger partial charge in [-0.2, -0.15) is 0 Å². The summed E-state index contributed by atoms with van der Waals surface area (Å²) < 4.78 is 4.50. The molecule has 1 rings (SSSR count). The van der Waals surface area contributed by atoms with Crippen LogP contribution < -0.4 is 0 Å². The van der Waals surface area contributed by atoms with E-state index in [2.05, 4.69) is 26.9 Å². The Morgan fingerprint density at radius 3 is 2.65 bits per heavy atom. The van der Waals surface area contributed by atoms with E-state index in [1.165, 1.54) is 7.11 Å². The number of aryl methyl sites for hydroxylation is 1. The topological polar surface area (TPSA) is 54.3 Å². The molecule has 0 aromatic heterocycles. The van der Waals surface area contributed by atoms with Gasteiger partial charge in [-0.3, -0.25) is 5.01 Å². The van der Waals surface area contributed by atoms with Crippen molar-refractivity contribution in [3.05, 3.63) is 29.3 Å². The largest absolute Gasteiger partial charge is 0.459 e. The summed E-state index contributed by atoms with van der Waals surface area (Å²) in [5.41, 5.74) is 2.34. The third-order valence-electron chi connectivity index (χ3n) is 2.65. The number of carbonyl (C=O) groups is 1. The summed E-state index contributed by atoms with van der Waals surface area (Å²) in [6.07, 6.45) is 0. The molecule has 0 aliphatic carbocycles. The van der Waals surface area contributed by atoms with Crippen molar-refractivity contribution in [2.45, 2.75) is 20.8 Å². The number of methoxy groups -OCH3 is 1. The number of nitrogens with zero attached hydrogens (tertiary/aromatic N) is 3. The van der Waals surface area contributed by atoms with Gasteiger partial charge < -0.3 is 4.74 Å². The molecule has 0 heterocycles. The first-order chi connectivity index (χ1) is 9.60. The predicted molar refractivity (Wildman–Crippen MR) is 77.5 cm³/mol. The van der Waals surface area contributed by atoms with E-state index in [4.69, 9.17) is 0 Å². The standard InChI is InChI=1S/C15H19N3O2/c1-5-18(6-2)17-16-14-9-7-12(3)11-13(14)8-10-15(19)20-4/h7,9,11H,5-6H2,1-4H3. The van der Waals surface area contributed by atoms with Gasteiger partial charge in [0.2, 0.25) is 0 Å². The Balaban J connectivity index is 3.06. The van der Waals surface area contributed by atoms with Crippen molar-refractivity contribution in [1.82, 2.24) is 5.01 Å². The molecule has 0 saturated heterocycles. The van der Waals surface area contributed by atoms with Gasteiger partial charge in [0.1, 0.15) is 5.69 Å². The summed E-state index contributed by atoms with van der Waals surface area (Å²) >= 11 is 0. The smallest absolute Gasteiger partial charge is 0.384 e. The van der Waals surface area contributed by atoms with Crippen LogP contribution in [0.25, 0.3) is 0 Å². The van der Waals surface area contributed by atoms with Crippen LogP contribution in [0.5, 0.6) is 0 Å². The highest BCUT2D eigenvalue weighted by atomic mass is 16.5. The fraction of sp³-hybridized carbons (Fsp3) is 0.400. The van der Waals surface area contributed by atoms with Crippen LogP contribution >= 0.6 is 0 Å². The Hall–Kier alpha value is -2.35. The van der Waals surface area contributed by atoms with Gasteiger partial charge in [-0.25, -0.2) is 4.79 Å². The van der Waals surface area contributed by atoms with Crippen LogP contribution in [0, 0.1) is 18.8 Å². The number of carbonyl (C=O) groups excluding carboxylic acids is 1. The highest BCUT2D eigenvalue weighted by Crippen LogP contribution is 2.20. The van der Waals surface area contributed by atoms with Crippen molar-refractivity contribution >= 4 is 11.7 Å². The van der Waals surface area contributed by atoms with Crippen LogP contribution in [-0.4, -0.2) is 31.2 Å². The molecule has 0 fully saturated rings. The van der Waals surface area contributed by atoms with Crippen LogP contribution in [-0.2, 0) is 9.53 Å². The van der Waals surface area contributed by atoms with Crippen molar-refractivity contribution in [3.63, 3.8) is 0 Å². The van der Waals surface area contributed by atoms with Gasteiger partial charge in [0.15, 0.2) is 0 Å². The predicted octanol–water partition coefficient (Wildman–Crippen LogP) is 2.86. The summed E-state index contributed by atoms with van der Waals surface area (Å²) in [7, 11) is 1.30. The van der Waals surface area contributed by atoms with Gasteiger partial charge in [-0.1, -0.05) is 17.2 Å². The Kier molecular flexibility index (Phi) is 6.24. The van der Waals surface area contributed by atoms with Crippen molar-refractivity contribution in [2.75, 3.05) is 20.2 Å². The van der Waals surface area contributed by atoms with Crippen LogP contribution in [0.1, 0.15) is 25.0 Å². The lowest BCUT2D eigenvalue weighted by Crippen LogP contribution is -2.14. The van der Waals surface area contributed by atoms with Crippen LogP contribution in [0.15, 0.2) is 28.5 Å². The molecule has 0 amide bonds. The number of benzene rings is 1. The Morgan fingerprint density at radius 1 is 1.35 bits per heavy atom. The lowest BCUT2D eigenvalue weighted by atomic mass is 10.1. The van der Waals surface area contributed by atoms with Crippen molar-refractivity contribution in [1.29, 1.82) is 0 Å². The third-order valence-corrected chi connectivity index (χ3v) is 2.65. The maximum absolute atomic E-state index is 11.1. The minimum absolute atomic E-state index is 0.571. The van der Waals surface area contributed by atoms with Crippen LogP contribution in [0.3, 0.4) is 0 Å². The van der Waals surface area contributed by atoms with Gasteiger partial charge >= 0.3 is 5.97 Å². The molecule has 5 heteroatoms. The molecule has 0 saturated carbocycles. The first-order valence-corrected chi connectivity index (χ1v) is 6.47. The molecule has 0 aliphatic heterocycles. The van der Waals surface area contributed by atoms with Gasteiger partial charge in [-0.15, -0.1) is 5.11 Å². The lowest BCUT2D eigenvalue weighted by molar-refractivity contribution is -0.133. The summed E-state index contributed by atoms with van der Waals surface area (Å²) in [6.45, 7) is 7.55. The summed E-state index contributed by atoms with van der Waals surface area (Å²) in [6, 6.07) is 5.63. The molecule has 5 nitrogen and oxygen atoms in total. The van der Waals surface area contributed by atoms with Crippen LogP contribution in [0.2, 0.25) is 0 Å². The number of hydrogen-bond donors (Lipinski definition) is 0. The quantitative estimate of drug-likeness (QED) is 0.367. The molecule has 20 heavy (non-hydrogen) atoms. The average molecular weight is 273 g/mol. The van der Waals surface area contributed by atoms with Gasteiger partial charge in [0.05, 0.1) is 12.7 Å². The monoisotopic (exact) mass is 273 g/mol. The normalized spacial score (nSPS) is 10.0. The van der Waals surface area contributed by atoms with E-state index in [0.717, 1.165) is 18.7 Å². The van der Waals surface area contributed by atoms with E-state index in [-0.39, 0.29) is 0 Å². The Bertz CT molecular complexity index is 552. The fourth-order valence-electron chi connectivity index (χ4n) is 1.47. The Labute approximate surface area is 119 Å². The van der Waals surface area contributed by atoms with E-state index in [1.54, 1.807) is 0 Å². The van der Waals surface area contributed by atoms with E-state index in [9.17, 15) is 4.79 Å². The molecule has 0 radical (unpaired) electrons. The maximum Gasteiger partial charge on any atom is 0.384 e. The number of hydrogen-bond acceptors (Lipinski definition) is 4.